The zero-order chi connectivity index (χ0) is 12.8. The van der Waals surface area contributed by atoms with Gasteiger partial charge in [0.25, 0.3) is 0 Å². The van der Waals surface area contributed by atoms with Gasteiger partial charge >= 0.3 is 0 Å². The Morgan fingerprint density at radius 1 is 1.28 bits per heavy atom. The lowest BCUT2D eigenvalue weighted by molar-refractivity contribution is -0.118. The monoisotopic (exact) mass is 244 g/mol. The predicted octanol–water partition coefficient (Wildman–Crippen LogP) is 1.42. The van der Waals surface area contributed by atoms with Gasteiger partial charge in [0.2, 0.25) is 5.91 Å². The summed E-state index contributed by atoms with van der Waals surface area (Å²) in [4.78, 5) is 10.7. The molecular weight excluding hydrogens is 228 g/mol. The number of rotatable bonds is 5. The van der Waals surface area contributed by atoms with E-state index in [0.29, 0.717) is 13.1 Å². The van der Waals surface area contributed by atoms with E-state index in [1.54, 1.807) is 10.9 Å². The third kappa shape index (κ3) is 3.35. The van der Waals surface area contributed by atoms with Gasteiger partial charge in [-0.25, -0.2) is 4.68 Å². The van der Waals surface area contributed by atoms with Crippen molar-refractivity contribution in [3.05, 3.63) is 42.7 Å². The highest BCUT2D eigenvalue weighted by molar-refractivity contribution is 5.72. The normalized spacial score (nSPS) is 10.1. The predicted molar refractivity (Wildman–Crippen MR) is 70.7 cm³/mol. The van der Waals surface area contributed by atoms with Crippen LogP contribution in [0.5, 0.6) is 0 Å². The number of aromatic nitrogens is 2. The van der Waals surface area contributed by atoms with Gasteiger partial charge in [0.15, 0.2) is 0 Å². The number of anilines is 1. The smallest absolute Gasteiger partial charge is 0.216 e. The summed E-state index contributed by atoms with van der Waals surface area (Å²) in [7, 11) is 0. The molecule has 1 amide bonds. The lowest BCUT2D eigenvalue weighted by atomic mass is 10.3. The minimum Gasteiger partial charge on any atom is -0.381 e. The van der Waals surface area contributed by atoms with Gasteiger partial charge in [-0.2, -0.15) is 5.10 Å². The first-order chi connectivity index (χ1) is 8.75. The van der Waals surface area contributed by atoms with E-state index in [1.165, 1.54) is 6.92 Å². The number of hydrogen-bond acceptors (Lipinski definition) is 3. The van der Waals surface area contributed by atoms with E-state index < -0.39 is 0 Å². The molecule has 0 fully saturated rings. The highest BCUT2D eigenvalue weighted by atomic mass is 16.1. The summed E-state index contributed by atoms with van der Waals surface area (Å²) in [6.45, 7) is 2.79. The SMILES string of the molecule is CC(=O)NCCNc1cnn(-c2ccccc2)c1. The third-order valence-corrected chi connectivity index (χ3v) is 2.43. The van der Waals surface area contributed by atoms with Gasteiger partial charge in [0, 0.05) is 20.0 Å². The van der Waals surface area contributed by atoms with E-state index in [2.05, 4.69) is 15.7 Å². The van der Waals surface area contributed by atoms with Crippen LogP contribution in [0.25, 0.3) is 5.69 Å². The minimum atomic E-state index is -0.0169. The molecule has 0 unspecified atom stereocenters. The van der Waals surface area contributed by atoms with Crippen LogP contribution in [0.2, 0.25) is 0 Å². The summed E-state index contributed by atoms with van der Waals surface area (Å²) >= 11 is 0. The zero-order valence-corrected chi connectivity index (χ0v) is 10.3. The van der Waals surface area contributed by atoms with Crippen LogP contribution < -0.4 is 10.6 Å². The molecular formula is C13H16N4O. The van der Waals surface area contributed by atoms with Gasteiger partial charge in [0.1, 0.15) is 0 Å². The molecule has 1 aromatic heterocycles. The number of hydrogen-bond donors (Lipinski definition) is 2. The molecule has 2 N–H and O–H groups in total. The average Bonchev–Trinajstić information content (AvgIpc) is 2.84. The molecule has 1 aromatic carbocycles. The standard InChI is InChI=1S/C13H16N4O/c1-11(18)14-7-8-15-12-9-16-17(10-12)13-5-3-2-4-6-13/h2-6,9-10,15H,7-8H2,1H3,(H,14,18). The fourth-order valence-electron chi connectivity index (χ4n) is 1.58. The number of carbonyl (C=O) groups is 1. The summed E-state index contributed by atoms with van der Waals surface area (Å²) < 4.78 is 1.81. The maximum atomic E-state index is 10.7. The van der Waals surface area contributed by atoms with Crippen LogP contribution >= 0.6 is 0 Å². The van der Waals surface area contributed by atoms with Crippen molar-refractivity contribution in [2.75, 3.05) is 18.4 Å². The van der Waals surface area contributed by atoms with Crippen molar-refractivity contribution < 1.29 is 4.79 Å². The van der Waals surface area contributed by atoms with Gasteiger partial charge < -0.3 is 10.6 Å². The van der Waals surface area contributed by atoms with Crippen molar-refractivity contribution in [1.82, 2.24) is 15.1 Å². The Balaban J connectivity index is 1.89. The van der Waals surface area contributed by atoms with Gasteiger partial charge in [-0.15, -0.1) is 0 Å². The molecule has 18 heavy (non-hydrogen) atoms. The minimum absolute atomic E-state index is 0.0169. The molecule has 0 saturated heterocycles. The van der Waals surface area contributed by atoms with Crippen LogP contribution in [-0.2, 0) is 4.79 Å². The quantitative estimate of drug-likeness (QED) is 0.782. The lowest BCUT2D eigenvalue weighted by Gasteiger charge is -2.03. The highest BCUT2D eigenvalue weighted by Gasteiger charge is 1.99. The van der Waals surface area contributed by atoms with E-state index >= 15 is 0 Å². The van der Waals surface area contributed by atoms with Gasteiger partial charge in [0.05, 0.1) is 23.8 Å². The number of benzene rings is 1. The highest BCUT2D eigenvalue weighted by Crippen LogP contribution is 2.10. The maximum absolute atomic E-state index is 10.7. The molecule has 1 heterocycles. The number of nitrogens with one attached hydrogen (secondary N) is 2. The number of carbonyl (C=O) groups excluding carboxylic acids is 1. The zero-order valence-electron chi connectivity index (χ0n) is 10.3. The Kier molecular flexibility index (Phi) is 3.96. The summed E-state index contributed by atoms with van der Waals surface area (Å²) in [5.41, 5.74) is 1.96. The van der Waals surface area contributed by atoms with E-state index in [-0.39, 0.29) is 5.91 Å². The molecule has 0 spiro atoms. The van der Waals surface area contributed by atoms with Crippen molar-refractivity contribution in [3.63, 3.8) is 0 Å². The molecule has 5 nitrogen and oxygen atoms in total. The van der Waals surface area contributed by atoms with Crippen molar-refractivity contribution in [2.45, 2.75) is 6.92 Å². The average molecular weight is 244 g/mol. The van der Waals surface area contributed by atoms with E-state index in [9.17, 15) is 4.79 Å². The van der Waals surface area contributed by atoms with Crippen molar-refractivity contribution in [3.8, 4) is 5.69 Å². The van der Waals surface area contributed by atoms with Crippen molar-refractivity contribution in [2.24, 2.45) is 0 Å². The van der Waals surface area contributed by atoms with Crippen LogP contribution in [0, 0.1) is 0 Å². The first kappa shape index (κ1) is 12.2. The van der Waals surface area contributed by atoms with E-state index in [4.69, 9.17) is 0 Å². The molecule has 0 aliphatic carbocycles. The van der Waals surface area contributed by atoms with Gasteiger partial charge in [-0.05, 0) is 12.1 Å². The fourth-order valence-corrected chi connectivity index (χ4v) is 1.58. The van der Waals surface area contributed by atoms with Gasteiger partial charge in [-0.1, -0.05) is 18.2 Å². The van der Waals surface area contributed by atoms with E-state index in [0.717, 1.165) is 11.4 Å². The topological polar surface area (TPSA) is 59.0 Å². The number of amides is 1. The van der Waals surface area contributed by atoms with Crippen molar-refractivity contribution in [1.29, 1.82) is 0 Å². The molecule has 0 aliphatic heterocycles. The Morgan fingerprint density at radius 3 is 2.78 bits per heavy atom. The Hall–Kier alpha value is -2.30. The van der Waals surface area contributed by atoms with Crippen LogP contribution in [-0.4, -0.2) is 28.8 Å². The molecule has 0 atom stereocenters. The molecule has 5 heteroatoms. The molecule has 0 radical (unpaired) electrons. The van der Waals surface area contributed by atoms with Crippen LogP contribution in [0.4, 0.5) is 5.69 Å². The lowest BCUT2D eigenvalue weighted by Crippen LogP contribution is -2.26. The molecule has 0 saturated carbocycles. The molecule has 2 rings (SSSR count). The second-order valence-electron chi connectivity index (χ2n) is 3.92. The Labute approximate surface area is 106 Å². The molecule has 0 aliphatic rings. The number of para-hydroxylation sites is 1. The van der Waals surface area contributed by atoms with Crippen LogP contribution in [0.15, 0.2) is 42.7 Å². The summed E-state index contributed by atoms with van der Waals surface area (Å²) in [6, 6.07) is 9.91. The maximum Gasteiger partial charge on any atom is 0.216 e. The summed E-state index contributed by atoms with van der Waals surface area (Å²) in [5.74, 6) is -0.0169. The molecule has 0 bridgehead atoms. The van der Waals surface area contributed by atoms with Crippen LogP contribution in [0.3, 0.4) is 0 Å². The van der Waals surface area contributed by atoms with Crippen molar-refractivity contribution >= 4 is 11.6 Å². The largest absolute Gasteiger partial charge is 0.381 e. The molecule has 2 aromatic rings. The first-order valence-corrected chi connectivity index (χ1v) is 5.84. The Bertz CT molecular complexity index is 507. The second kappa shape index (κ2) is 5.86. The first-order valence-electron chi connectivity index (χ1n) is 5.84. The van der Waals surface area contributed by atoms with E-state index in [1.807, 2.05) is 36.5 Å². The van der Waals surface area contributed by atoms with Crippen LogP contribution in [0.1, 0.15) is 6.92 Å². The van der Waals surface area contributed by atoms with Gasteiger partial charge in [-0.3, -0.25) is 4.79 Å². The fraction of sp³-hybridized carbons (Fsp3) is 0.231. The summed E-state index contributed by atoms with van der Waals surface area (Å²) in [6.07, 6.45) is 3.68. The Morgan fingerprint density at radius 2 is 2.06 bits per heavy atom. The summed E-state index contributed by atoms with van der Waals surface area (Å²) in [5, 5.41) is 10.2. The molecule has 94 valence electrons. The number of nitrogens with zero attached hydrogens (tertiary/aromatic N) is 2. The third-order valence-electron chi connectivity index (χ3n) is 2.43. The second-order valence-corrected chi connectivity index (χ2v) is 3.92.